The molecule has 0 aromatic heterocycles. The van der Waals surface area contributed by atoms with Crippen molar-refractivity contribution in [3.8, 4) is 11.5 Å². The smallest absolute Gasteiger partial charge is 0.343 e. The van der Waals surface area contributed by atoms with Gasteiger partial charge in [0.25, 0.3) is 0 Å². The van der Waals surface area contributed by atoms with Crippen LogP contribution in [0.3, 0.4) is 0 Å². The summed E-state index contributed by atoms with van der Waals surface area (Å²) in [6.07, 6.45) is 0. The Labute approximate surface area is 149 Å². The second kappa shape index (κ2) is 8.61. The summed E-state index contributed by atoms with van der Waals surface area (Å²) in [7, 11) is 0. The fourth-order valence-electron chi connectivity index (χ4n) is 2.13. The molecule has 136 valence electrons. The van der Waals surface area contributed by atoms with Gasteiger partial charge in [-0.2, -0.15) is 0 Å². The second-order valence-electron chi connectivity index (χ2n) is 5.01. The molecule has 0 N–H and O–H groups in total. The largest absolute Gasteiger partial charge is 0.487 e. The first-order valence-electron chi connectivity index (χ1n) is 7.86. The maximum Gasteiger partial charge on any atom is 0.343 e. The first-order valence-corrected chi connectivity index (χ1v) is 7.86. The van der Waals surface area contributed by atoms with Crippen molar-refractivity contribution < 1.29 is 28.7 Å². The van der Waals surface area contributed by atoms with Gasteiger partial charge in [0.1, 0.15) is 5.75 Å². The van der Waals surface area contributed by atoms with Crippen LogP contribution in [0, 0.1) is 10.1 Å². The minimum Gasteiger partial charge on any atom is -0.487 e. The molecular weight excluding hydrogens is 342 g/mol. The molecule has 0 spiro atoms. The summed E-state index contributed by atoms with van der Waals surface area (Å²) in [6.45, 7) is 3.85. The Hall–Kier alpha value is -3.42. The van der Waals surface area contributed by atoms with E-state index in [2.05, 4.69) is 0 Å². The van der Waals surface area contributed by atoms with E-state index in [1.807, 2.05) is 0 Å². The van der Waals surface area contributed by atoms with Crippen LogP contribution in [-0.4, -0.2) is 30.1 Å². The van der Waals surface area contributed by atoms with E-state index >= 15 is 0 Å². The summed E-state index contributed by atoms with van der Waals surface area (Å²) in [5.74, 6) is -1.14. The third kappa shape index (κ3) is 4.56. The quantitative estimate of drug-likeness (QED) is 0.323. The molecule has 0 radical (unpaired) electrons. The standard InChI is InChI=1S/C18H17NO7/c1-3-24-16-9-8-13(11-15(16)19(22)23)18(21)26-14-7-5-6-12(10-14)17(20)25-4-2/h5-11H,3-4H2,1-2H3. The maximum atomic E-state index is 12.3. The number of nitro benzene ring substituents is 1. The third-order valence-corrected chi connectivity index (χ3v) is 3.25. The van der Waals surface area contributed by atoms with Crippen LogP contribution < -0.4 is 9.47 Å². The Morgan fingerprint density at radius 3 is 2.38 bits per heavy atom. The molecule has 0 unspecified atom stereocenters. The number of nitro groups is 1. The number of esters is 2. The van der Waals surface area contributed by atoms with Crippen molar-refractivity contribution in [2.75, 3.05) is 13.2 Å². The summed E-state index contributed by atoms with van der Waals surface area (Å²) in [5.41, 5.74) is -0.113. The van der Waals surface area contributed by atoms with Gasteiger partial charge in [0.15, 0.2) is 5.75 Å². The van der Waals surface area contributed by atoms with Gasteiger partial charge in [0.2, 0.25) is 0 Å². The average Bonchev–Trinajstić information content (AvgIpc) is 2.62. The maximum absolute atomic E-state index is 12.3. The van der Waals surface area contributed by atoms with E-state index in [-0.39, 0.29) is 41.5 Å². The molecule has 2 aromatic rings. The fraction of sp³-hybridized carbons (Fsp3) is 0.222. The van der Waals surface area contributed by atoms with Crippen LogP contribution in [0.5, 0.6) is 11.5 Å². The van der Waals surface area contributed by atoms with Crippen LogP contribution in [0.2, 0.25) is 0 Å². The molecular formula is C18H17NO7. The zero-order valence-electron chi connectivity index (χ0n) is 14.3. The summed E-state index contributed by atoms with van der Waals surface area (Å²) in [6, 6.07) is 9.71. The molecule has 0 atom stereocenters. The highest BCUT2D eigenvalue weighted by Gasteiger charge is 2.20. The van der Waals surface area contributed by atoms with E-state index in [9.17, 15) is 19.7 Å². The Morgan fingerprint density at radius 1 is 1.00 bits per heavy atom. The highest BCUT2D eigenvalue weighted by atomic mass is 16.6. The number of hydrogen-bond donors (Lipinski definition) is 0. The lowest BCUT2D eigenvalue weighted by Crippen LogP contribution is -2.10. The normalized spacial score (nSPS) is 10.1. The van der Waals surface area contributed by atoms with Crippen molar-refractivity contribution in [2.45, 2.75) is 13.8 Å². The number of ether oxygens (including phenoxy) is 3. The Kier molecular flexibility index (Phi) is 6.26. The van der Waals surface area contributed by atoms with Gasteiger partial charge in [-0.1, -0.05) is 6.07 Å². The Morgan fingerprint density at radius 2 is 1.73 bits per heavy atom. The van der Waals surface area contributed by atoms with Crippen LogP contribution in [0.4, 0.5) is 5.69 Å². The van der Waals surface area contributed by atoms with E-state index in [0.29, 0.717) is 0 Å². The van der Waals surface area contributed by atoms with E-state index in [1.54, 1.807) is 13.8 Å². The summed E-state index contributed by atoms with van der Waals surface area (Å²) in [5, 5.41) is 11.1. The lowest BCUT2D eigenvalue weighted by atomic mass is 10.2. The molecule has 0 fully saturated rings. The number of carbonyl (C=O) groups is 2. The number of hydrogen-bond acceptors (Lipinski definition) is 7. The number of rotatable bonds is 7. The van der Waals surface area contributed by atoms with Gasteiger partial charge in [-0.3, -0.25) is 10.1 Å². The Bertz CT molecular complexity index is 832. The van der Waals surface area contributed by atoms with Crippen molar-refractivity contribution in [3.63, 3.8) is 0 Å². The van der Waals surface area contributed by atoms with Crippen LogP contribution in [-0.2, 0) is 4.74 Å². The highest BCUT2D eigenvalue weighted by molar-refractivity contribution is 5.93. The van der Waals surface area contributed by atoms with Crippen LogP contribution >= 0.6 is 0 Å². The molecule has 2 aromatic carbocycles. The highest BCUT2D eigenvalue weighted by Crippen LogP contribution is 2.28. The van der Waals surface area contributed by atoms with E-state index in [1.165, 1.54) is 36.4 Å². The van der Waals surface area contributed by atoms with Gasteiger partial charge in [-0.25, -0.2) is 9.59 Å². The van der Waals surface area contributed by atoms with E-state index in [4.69, 9.17) is 14.2 Å². The van der Waals surface area contributed by atoms with Gasteiger partial charge in [0.05, 0.1) is 29.3 Å². The van der Waals surface area contributed by atoms with Crippen molar-refractivity contribution in [2.24, 2.45) is 0 Å². The minimum atomic E-state index is -0.794. The van der Waals surface area contributed by atoms with Gasteiger partial charge >= 0.3 is 17.6 Å². The molecule has 26 heavy (non-hydrogen) atoms. The molecule has 0 aliphatic carbocycles. The van der Waals surface area contributed by atoms with Crippen molar-refractivity contribution in [3.05, 3.63) is 63.7 Å². The molecule has 8 nitrogen and oxygen atoms in total. The average molecular weight is 359 g/mol. The number of carbonyl (C=O) groups excluding carboxylic acids is 2. The summed E-state index contributed by atoms with van der Waals surface area (Å²) < 4.78 is 15.2. The summed E-state index contributed by atoms with van der Waals surface area (Å²) >= 11 is 0. The van der Waals surface area contributed by atoms with Crippen LogP contribution in [0.1, 0.15) is 34.6 Å². The third-order valence-electron chi connectivity index (χ3n) is 3.25. The molecule has 0 aliphatic rings. The second-order valence-corrected chi connectivity index (χ2v) is 5.01. The predicted molar refractivity (Wildman–Crippen MR) is 91.6 cm³/mol. The number of benzene rings is 2. The van der Waals surface area contributed by atoms with E-state index in [0.717, 1.165) is 6.07 Å². The van der Waals surface area contributed by atoms with Gasteiger partial charge in [-0.15, -0.1) is 0 Å². The molecule has 0 saturated heterocycles. The molecule has 0 saturated carbocycles. The molecule has 0 amide bonds. The first-order chi connectivity index (χ1) is 12.5. The van der Waals surface area contributed by atoms with Crippen molar-refractivity contribution in [1.82, 2.24) is 0 Å². The topological polar surface area (TPSA) is 105 Å². The first kappa shape index (κ1) is 18.9. The van der Waals surface area contributed by atoms with Gasteiger partial charge in [-0.05, 0) is 44.2 Å². The van der Waals surface area contributed by atoms with Gasteiger partial charge in [0, 0.05) is 6.07 Å². The minimum absolute atomic E-state index is 0.0123. The Balaban J connectivity index is 2.22. The zero-order valence-corrected chi connectivity index (χ0v) is 14.3. The van der Waals surface area contributed by atoms with Crippen molar-refractivity contribution in [1.29, 1.82) is 0 Å². The van der Waals surface area contributed by atoms with Gasteiger partial charge < -0.3 is 14.2 Å². The summed E-state index contributed by atoms with van der Waals surface area (Å²) in [4.78, 5) is 34.5. The monoisotopic (exact) mass is 359 g/mol. The fourth-order valence-corrected chi connectivity index (χ4v) is 2.13. The molecule has 0 bridgehead atoms. The van der Waals surface area contributed by atoms with Crippen LogP contribution in [0.25, 0.3) is 0 Å². The molecule has 8 heteroatoms. The predicted octanol–water partition coefficient (Wildman–Crippen LogP) is 3.39. The number of nitrogens with zero attached hydrogens (tertiary/aromatic N) is 1. The lowest BCUT2D eigenvalue weighted by molar-refractivity contribution is -0.385. The van der Waals surface area contributed by atoms with E-state index < -0.39 is 16.9 Å². The molecule has 2 rings (SSSR count). The van der Waals surface area contributed by atoms with Crippen molar-refractivity contribution >= 4 is 17.6 Å². The van der Waals surface area contributed by atoms with Crippen LogP contribution in [0.15, 0.2) is 42.5 Å². The molecule has 0 aliphatic heterocycles. The molecule has 0 heterocycles. The SMILES string of the molecule is CCOC(=O)c1cccc(OC(=O)c2ccc(OCC)c([N+](=O)[O-])c2)c1. The zero-order chi connectivity index (χ0) is 19.1. The lowest BCUT2D eigenvalue weighted by Gasteiger charge is -2.08.